The summed E-state index contributed by atoms with van der Waals surface area (Å²) in [5, 5.41) is 13.9. The molecule has 1 unspecified atom stereocenters. The Morgan fingerprint density at radius 2 is 2.29 bits per heavy atom. The fraction of sp³-hybridized carbons (Fsp3) is 0.545. The van der Waals surface area contributed by atoms with Crippen LogP contribution < -0.4 is 5.32 Å². The highest BCUT2D eigenvalue weighted by Gasteiger charge is 2.12. The number of nitrogens with zero attached hydrogens (tertiary/aromatic N) is 1. The van der Waals surface area contributed by atoms with Crippen LogP contribution in [0.25, 0.3) is 0 Å². The monoisotopic (exact) mass is 256 g/mol. The number of nitrogens with one attached hydrogen (secondary N) is 1. The summed E-state index contributed by atoms with van der Waals surface area (Å²) in [6.07, 6.45) is 1.35. The molecule has 6 heteroatoms. The number of carboxylic acids is 1. The first-order valence-electron chi connectivity index (χ1n) is 5.44. The average molecular weight is 256 g/mol. The van der Waals surface area contributed by atoms with E-state index in [1.54, 1.807) is 5.38 Å². The molecule has 0 aliphatic heterocycles. The zero-order chi connectivity index (χ0) is 12.8. The van der Waals surface area contributed by atoms with Crippen LogP contribution in [0.5, 0.6) is 0 Å². The first kappa shape index (κ1) is 13.6. The van der Waals surface area contributed by atoms with E-state index in [-0.39, 0.29) is 18.4 Å². The number of hydrogen-bond donors (Lipinski definition) is 2. The lowest BCUT2D eigenvalue weighted by Gasteiger charge is -2.11. The minimum absolute atomic E-state index is 0.0381. The number of carboxylic acid groups (broad SMARTS) is 1. The molecule has 1 aromatic rings. The molecule has 17 heavy (non-hydrogen) atoms. The van der Waals surface area contributed by atoms with Gasteiger partial charge in [0.05, 0.1) is 5.01 Å². The van der Waals surface area contributed by atoms with Crippen LogP contribution >= 0.6 is 11.3 Å². The predicted octanol–water partition coefficient (Wildman–Crippen LogP) is 1.82. The predicted molar refractivity (Wildman–Crippen MR) is 65.3 cm³/mol. The summed E-state index contributed by atoms with van der Waals surface area (Å²) in [4.78, 5) is 26.1. The van der Waals surface area contributed by atoms with Gasteiger partial charge in [0, 0.05) is 17.8 Å². The summed E-state index contributed by atoms with van der Waals surface area (Å²) in [7, 11) is 0. The van der Waals surface area contributed by atoms with Crippen LogP contribution in [0.4, 0.5) is 0 Å². The van der Waals surface area contributed by atoms with Gasteiger partial charge in [-0.05, 0) is 26.7 Å². The zero-order valence-corrected chi connectivity index (χ0v) is 10.7. The molecular formula is C11H16N2O3S. The highest BCUT2D eigenvalue weighted by molar-refractivity contribution is 7.09. The molecule has 0 bridgehead atoms. The maximum absolute atomic E-state index is 11.7. The maximum Gasteiger partial charge on any atom is 0.303 e. The lowest BCUT2D eigenvalue weighted by atomic mass is 10.1. The number of carbonyl (C=O) groups excluding carboxylic acids is 1. The quantitative estimate of drug-likeness (QED) is 0.813. The van der Waals surface area contributed by atoms with E-state index in [9.17, 15) is 9.59 Å². The Labute approximate surface area is 104 Å². The van der Waals surface area contributed by atoms with Gasteiger partial charge in [0.15, 0.2) is 0 Å². The summed E-state index contributed by atoms with van der Waals surface area (Å²) in [6, 6.07) is -0.0381. The number of amides is 1. The molecule has 0 aromatic carbocycles. The molecule has 0 saturated carbocycles. The van der Waals surface area contributed by atoms with Gasteiger partial charge in [-0.1, -0.05) is 0 Å². The molecule has 1 atom stereocenters. The van der Waals surface area contributed by atoms with Gasteiger partial charge in [-0.2, -0.15) is 0 Å². The van der Waals surface area contributed by atoms with E-state index < -0.39 is 5.97 Å². The smallest absolute Gasteiger partial charge is 0.303 e. The molecule has 94 valence electrons. The molecule has 0 fully saturated rings. The molecule has 0 saturated heterocycles. The number of aryl methyl sites for hydroxylation is 1. The molecular weight excluding hydrogens is 240 g/mol. The van der Waals surface area contributed by atoms with Crippen molar-refractivity contribution in [2.45, 2.75) is 39.2 Å². The Kier molecular flexibility index (Phi) is 5.09. The van der Waals surface area contributed by atoms with Crippen molar-refractivity contribution in [3.63, 3.8) is 0 Å². The first-order valence-corrected chi connectivity index (χ1v) is 6.32. The highest BCUT2D eigenvalue weighted by atomic mass is 32.1. The van der Waals surface area contributed by atoms with Gasteiger partial charge in [0.25, 0.3) is 5.91 Å². The second kappa shape index (κ2) is 6.34. The minimum atomic E-state index is -0.807. The molecule has 1 heterocycles. The molecule has 1 rings (SSSR count). The van der Waals surface area contributed by atoms with E-state index in [0.29, 0.717) is 18.5 Å². The third-order valence-electron chi connectivity index (χ3n) is 2.26. The number of aliphatic carboxylic acids is 1. The van der Waals surface area contributed by atoms with E-state index >= 15 is 0 Å². The number of rotatable bonds is 6. The molecule has 1 aromatic heterocycles. The third kappa shape index (κ3) is 4.95. The lowest BCUT2D eigenvalue weighted by Crippen LogP contribution is -2.32. The zero-order valence-electron chi connectivity index (χ0n) is 9.90. The van der Waals surface area contributed by atoms with Crippen molar-refractivity contribution in [3.05, 3.63) is 16.1 Å². The van der Waals surface area contributed by atoms with Gasteiger partial charge in [-0.25, -0.2) is 4.98 Å². The van der Waals surface area contributed by atoms with E-state index in [1.165, 1.54) is 11.3 Å². The van der Waals surface area contributed by atoms with Crippen LogP contribution in [0, 0.1) is 6.92 Å². The standard InChI is InChI=1S/C11H16N2O3S/c1-7(4-3-5-10(14)15)12-11(16)9-6-17-8(2)13-9/h6-7H,3-5H2,1-2H3,(H,12,16)(H,14,15). The van der Waals surface area contributed by atoms with Crippen molar-refractivity contribution in [1.82, 2.24) is 10.3 Å². The van der Waals surface area contributed by atoms with Crippen molar-refractivity contribution in [1.29, 1.82) is 0 Å². The Balaban J connectivity index is 2.33. The lowest BCUT2D eigenvalue weighted by molar-refractivity contribution is -0.137. The van der Waals surface area contributed by atoms with Crippen molar-refractivity contribution in [3.8, 4) is 0 Å². The Morgan fingerprint density at radius 3 is 2.82 bits per heavy atom. The molecule has 2 N–H and O–H groups in total. The molecule has 0 aliphatic rings. The molecule has 1 amide bonds. The molecule has 0 aliphatic carbocycles. The van der Waals surface area contributed by atoms with Crippen molar-refractivity contribution in [2.24, 2.45) is 0 Å². The van der Waals surface area contributed by atoms with Gasteiger partial charge in [-0.3, -0.25) is 9.59 Å². The summed E-state index contributed by atoms with van der Waals surface area (Å²) in [5.74, 6) is -1.00. The maximum atomic E-state index is 11.7. The van der Waals surface area contributed by atoms with Crippen LogP contribution in [0.1, 0.15) is 41.7 Å². The van der Waals surface area contributed by atoms with E-state index in [2.05, 4.69) is 10.3 Å². The van der Waals surface area contributed by atoms with E-state index in [1.807, 2.05) is 13.8 Å². The second-order valence-corrected chi connectivity index (χ2v) is 4.97. The van der Waals surface area contributed by atoms with Gasteiger partial charge >= 0.3 is 5.97 Å². The summed E-state index contributed by atoms with van der Waals surface area (Å²) < 4.78 is 0. The summed E-state index contributed by atoms with van der Waals surface area (Å²) in [6.45, 7) is 3.71. The molecule has 5 nitrogen and oxygen atoms in total. The number of carbonyl (C=O) groups is 2. The number of thiazole rings is 1. The third-order valence-corrected chi connectivity index (χ3v) is 3.03. The normalized spacial score (nSPS) is 12.1. The van der Waals surface area contributed by atoms with Crippen molar-refractivity contribution < 1.29 is 14.7 Å². The van der Waals surface area contributed by atoms with Crippen LogP contribution in [0.2, 0.25) is 0 Å². The number of hydrogen-bond acceptors (Lipinski definition) is 4. The topological polar surface area (TPSA) is 79.3 Å². The first-order chi connectivity index (χ1) is 7.99. The van der Waals surface area contributed by atoms with Crippen LogP contribution in [0.3, 0.4) is 0 Å². The largest absolute Gasteiger partial charge is 0.481 e. The van der Waals surface area contributed by atoms with Crippen LogP contribution in [-0.2, 0) is 4.79 Å². The van der Waals surface area contributed by atoms with Gasteiger partial charge < -0.3 is 10.4 Å². The van der Waals surface area contributed by atoms with Gasteiger partial charge in [0.1, 0.15) is 5.69 Å². The SMILES string of the molecule is Cc1nc(C(=O)NC(C)CCCC(=O)O)cs1. The minimum Gasteiger partial charge on any atom is -0.481 e. The highest BCUT2D eigenvalue weighted by Crippen LogP contribution is 2.08. The summed E-state index contributed by atoms with van der Waals surface area (Å²) >= 11 is 1.43. The molecule has 0 spiro atoms. The fourth-order valence-electron chi connectivity index (χ4n) is 1.40. The van der Waals surface area contributed by atoms with Gasteiger partial charge in [0.2, 0.25) is 0 Å². The Morgan fingerprint density at radius 1 is 1.59 bits per heavy atom. The Bertz CT molecular complexity index is 403. The van der Waals surface area contributed by atoms with Crippen LogP contribution in [-0.4, -0.2) is 28.0 Å². The fourth-order valence-corrected chi connectivity index (χ4v) is 1.99. The Hall–Kier alpha value is -1.43. The molecule has 0 radical (unpaired) electrons. The van der Waals surface area contributed by atoms with Crippen molar-refractivity contribution >= 4 is 23.2 Å². The number of aromatic nitrogens is 1. The van der Waals surface area contributed by atoms with E-state index in [0.717, 1.165) is 5.01 Å². The van der Waals surface area contributed by atoms with Gasteiger partial charge in [-0.15, -0.1) is 11.3 Å². The van der Waals surface area contributed by atoms with E-state index in [4.69, 9.17) is 5.11 Å². The summed E-state index contributed by atoms with van der Waals surface area (Å²) in [5.41, 5.74) is 0.428. The van der Waals surface area contributed by atoms with Crippen molar-refractivity contribution in [2.75, 3.05) is 0 Å². The second-order valence-electron chi connectivity index (χ2n) is 3.91. The van der Waals surface area contributed by atoms with Crippen LogP contribution in [0.15, 0.2) is 5.38 Å². The average Bonchev–Trinajstić information content (AvgIpc) is 2.64.